The molecule has 0 heterocycles. The first kappa shape index (κ1) is 9.87. The molecule has 0 aromatic carbocycles. The molecule has 0 saturated heterocycles. The topological polar surface area (TPSA) is 0 Å². The van der Waals surface area contributed by atoms with E-state index in [2.05, 4.69) is 27.7 Å². The third-order valence-corrected chi connectivity index (χ3v) is 8.56. The van der Waals surface area contributed by atoms with Crippen molar-refractivity contribution in [2.45, 2.75) is 36.0 Å². The minimum atomic E-state index is -0.0869. The number of hydrogen-bond donors (Lipinski definition) is 0. The van der Waals surface area contributed by atoms with E-state index in [9.17, 15) is 0 Å². The van der Waals surface area contributed by atoms with E-state index in [0.29, 0.717) is 0 Å². The molecular weight excluding hydrogens is 211 g/mol. The van der Waals surface area contributed by atoms with Gasteiger partial charge in [0.15, 0.2) is 0 Å². The molecule has 0 saturated carbocycles. The molecular formula is C8H19In. The van der Waals surface area contributed by atoms with Gasteiger partial charge in [0.2, 0.25) is 0 Å². The van der Waals surface area contributed by atoms with Gasteiger partial charge in [-0.25, -0.2) is 0 Å². The van der Waals surface area contributed by atoms with Crippen molar-refractivity contribution >= 4 is 22.9 Å². The zero-order chi connectivity index (χ0) is 7.28. The van der Waals surface area contributed by atoms with Crippen LogP contribution in [0.25, 0.3) is 0 Å². The van der Waals surface area contributed by atoms with Crippen molar-refractivity contribution in [3.05, 3.63) is 0 Å². The summed E-state index contributed by atoms with van der Waals surface area (Å²) < 4.78 is 3.18. The van der Waals surface area contributed by atoms with Gasteiger partial charge in [-0.05, 0) is 0 Å². The van der Waals surface area contributed by atoms with E-state index in [1.807, 2.05) is 0 Å². The molecule has 9 heavy (non-hydrogen) atoms. The van der Waals surface area contributed by atoms with Gasteiger partial charge < -0.3 is 1.43 Å². The molecule has 0 aliphatic rings. The van der Waals surface area contributed by atoms with Crippen molar-refractivity contribution < 1.29 is 1.43 Å². The van der Waals surface area contributed by atoms with Crippen LogP contribution in [-0.4, -0.2) is 22.9 Å². The van der Waals surface area contributed by atoms with Gasteiger partial charge in [0.05, 0.1) is 0 Å². The van der Waals surface area contributed by atoms with Crippen molar-refractivity contribution in [2.24, 2.45) is 11.8 Å². The Hall–Kier alpha value is 0.870. The van der Waals surface area contributed by atoms with Crippen LogP contribution in [0.15, 0.2) is 0 Å². The van der Waals surface area contributed by atoms with Gasteiger partial charge in [-0.1, -0.05) is 0 Å². The van der Waals surface area contributed by atoms with E-state index in [4.69, 9.17) is 0 Å². The van der Waals surface area contributed by atoms with Crippen LogP contribution >= 0.6 is 0 Å². The second-order valence-electron chi connectivity index (χ2n) is 3.55. The van der Waals surface area contributed by atoms with E-state index in [-0.39, 0.29) is 24.3 Å². The molecule has 1 heteroatoms. The Morgan fingerprint density at radius 3 is 1.56 bits per heavy atom. The fourth-order valence-corrected chi connectivity index (χ4v) is 5.12. The standard InChI is InChI=1S/2C4H9.In.H/c2*1-4(2)3;;/h2*4H,1H2,2-3H3;;/q;;+1;-1. The molecule has 0 aliphatic heterocycles. The van der Waals surface area contributed by atoms with Gasteiger partial charge in [0.1, 0.15) is 0 Å². The van der Waals surface area contributed by atoms with Gasteiger partial charge >= 0.3 is 70.8 Å². The van der Waals surface area contributed by atoms with Crippen LogP contribution in [0.1, 0.15) is 29.1 Å². The smallest absolute Gasteiger partial charge is 1.00 e. The van der Waals surface area contributed by atoms with Gasteiger partial charge in [-0.15, -0.1) is 0 Å². The first-order valence-electron chi connectivity index (χ1n) is 3.94. The Morgan fingerprint density at radius 1 is 1.00 bits per heavy atom. The Balaban J connectivity index is 0. The maximum absolute atomic E-state index is 2.34. The molecule has 0 bridgehead atoms. The summed E-state index contributed by atoms with van der Waals surface area (Å²) in [5.41, 5.74) is 0. The molecule has 0 atom stereocenters. The first-order chi connectivity index (χ1) is 4.13. The van der Waals surface area contributed by atoms with Gasteiger partial charge in [-0.2, -0.15) is 0 Å². The number of hydrogen-bond acceptors (Lipinski definition) is 0. The van der Waals surface area contributed by atoms with Crippen LogP contribution in [0.4, 0.5) is 0 Å². The summed E-state index contributed by atoms with van der Waals surface area (Å²) in [7, 11) is 0. The molecule has 0 aliphatic carbocycles. The van der Waals surface area contributed by atoms with Crippen molar-refractivity contribution in [1.82, 2.24) is 0 Å². The molecule has 0 spiro atoms. The average molecular weight is 230 g/mol. The Morgan fingerprint density at radius 2 is 1.33 bits per heavy atom. The first-order valence-corrected chi connectivity index (χ1v) is 8.60. The Kier molecular flexibility index (Phi) is 6.18. The summed E-state index contributed by atoms with van der Waals surface area (Å²) in [6.07, 6.45) is 0. The quantitative estimate of drug-likeness (QED) is 0.696. The second-order valence-corrected chi connectivity index (χ2v) is 7.89. The molecule has 0 unspecified atom stereocenters. The van der Waals surface area contributed by atoms with Gasteiger partial charge in [0, 0.05) is 0 Å². The molecule has 0 radical (unpaired) electrons. The predicted molar refractivity (Wildman–Crippen MR) is 46.2 cm³/mol. The van der Waals surface area contributed by atoms with Crippen LogP contribution < -0.4 is 0 Å². The van der Waals surface area contributed by atoms with Crippen LogP contribution in [0.2, 0.25) is 8.35 Å². The van der Waals surface area contributed by atoms with E-state index in [1.54, 1.807) is 8.35 Å². The fraction of sp³-hybridized carbons (Fsp3) is 1.00. The molecule has 0 N–H and O–H groups in total. The maximum atomic E-state index is 2.34. The van der Waals surface area contributed by atoms with E-state index in [0.717, 1.165) is 11.8 Å². The molecule has 0 nitrogen and oxygen atoms in total. The Bertz CT molecular complexity index is 54.3. The molecule has 0 rings (SSSR count). The fourth-order valence-electron chi connectivity index (χ4n) is 0.763. The van der Waals surface area contributed by atoms with E-state index < -0.39 is 0 Å². The third kappa shape index (κ3) is 8.87. The third-order valence-electron chi connectivity index (χ3n) is 1.28. The van der Waals surface area contributed by atoms with E-state index >= 15 is 0 Å². The summed E-state index contributed by atoms with van der Waals surface area (Å²) >= 11 is -0.0869. The van der Waals surface area contributed by atoms with Crippen LogP contribution in [0.5, 0.6) is 0 Å². The van der Waals surface area contributed by atoms with Crippen molar-refractivity contribution in [1.29, 1.82) is 0 Å². The van der Waals surface area contributed by atoms with Crippen molar-refractivity contribution in [3.8, 4) is 0 Å². The van der Waals surface area contributed by atoms with Crippen LogP contribution in [0, 0.1) is 11.8 Å². The largest absolute Gasteiger partial charge is 1.00 e. The van der Waals surface area contributed by atoms with Crippen LogP contribution in [-0.2, 0) is 0 Å². The average Bonchev–Trinajstić information content (AvgIpc) is 1.63. The molecule has 0 aromatic heterocycles. The summed E-state index contributed by atoms with van der Waals surface area (Å²) in [6, 6.07) is 0. The van der Waals surface area contributed by atoms with Crippen molar-refractivity contribution in [3.63, 3.8) is 0 Å². The molecule has 0 aromatic rings. The maximum Gasteiger partial charge on any atom is -1.00 e. The number of rotatable bonds is 4. The summed E-state index contributed by atoms with van der Waals surface area (Å²) in [5.74, 6) is 1.95. The van der Waals surface area contributed by atoms with Crippen LogP contribution in [0.3, 0.4) is 0 Å². The predicted octanol–water partition coefficient (Wildman–Crippen LogP) is 2.95. The van der Waals surface area contributed by atoms with Crippen molar-refractivity contribution in [2.75, 3.05) is 0 Å². The van der Waals surface area contributed by atoms with Gasteiger partial charge in [0.25, 0.3) is 0 Å². The second kappa shape index (κ2) is 5.64. The Labute approximate surface area is 72.3 Å². The summed E-state index contributed by atoms with van der Waals surface area (Å²) in [5, 5.41) is 0. The minimum absolute atomic E-state index is 0. The molecule has 0 amide bonds. The zero-order valence-corrected chi connectivity index (χ0v) is 10.4. The van der Waals surface area contributed by atoms with E-state index in [1.165, 1.54) is 0 Å². The summed E-state index contributed by atoms with van der Waals surface area (Å²) in [4.78, 5) is 0. The normalized spacial score (nSPS) is 10.4. The molecule has 54 valence electrons. The summed E-state index contributed by atoms with van der Waals surface area (Å²) in [6.45, 7) is 9.36. The monoisotopic (exact) mass is 230 g/mol. The zero-order valence-electron chi connectivity index (χ0n) is 8.15. The van der Waals surface area contributed by atoms with Gasteiger partial charge in [-0.3, -0.25) is 0 Å². The molecule has 0 fully saturated rings. The SMILES string of the molecule is CC(C)[CH2][In+][CH2]C(C)C.[H-]. The minimum Gasteiger partial charge on any atom is -1.00 e.